The number of aromatic nitrogens is 2. The molecule has 2 aromatic carbocycles. The van der Waals surface area contributed by atoms with Crippen LogP contribution in [0.1, 0.15) is 23.0 Å². The summed E-state index contributed by atoms with van der Waals surface area (Å²) < 4.78 is 5.47. The maximum atomic E-state index is 6.45. The van der Waals surface area contributed by atoms with E-state index in [4.69, 9.17) is 22.1 Å². The monoisotopic (exact) mass is 397 g/mol. The van der Waals surface area contributed by atoms with Crippen molar-refractivity contribution >= 4 is 33.9 Å². The van der Waals surface area contributed by atoms with Crippen LogP contribution in [0.4, 0.5) is 11.5 Å². The second-order valence-electron chi connectivity index (χ2n) is 7.06. The normalized spacial score (nSPS) is 15.6. The van der Waals surface area contributed by atoms with Gasteiger partial charge in [-0.25, -0.2) is 0 Å². The number of fused-ring (bicyclic) bond motifs is 1. The van der Waals surface area contributed by atoms with Crippen molar-refractivity contribution < 1.29 is 4.74 Å². The van der Waals surface area contributed by atoms with Crippen molar-refractivity contribution in [2.75, 3.05) is 36.5 Å². The van der Waals surface area contributed by atoms with E-state index < -0.39 is 6.17 Å². The lowest BCUT2D eigenvalue weighted by atomic mass is 10.1. The lowest BCUT2D eigenvalue weighted by Gasteiger charge is -2.29. The van der Waals surface area contributed by atoms with Crippen molar-refractivity contribution in [1.82, 2.24) is 10.2 Å². The van der Waals surface area contributed by atoms with Gasteiger partial charge >= 0.3 is 0 Å². The number of hydrogen-bond acceptors (Lipinski definition) is 6. The molecule has 0 radical (unpaired) electrons. The number of nitrogens with zero attached hydrogens (tertiary/aromatic N) is 3. The maximum Gasteiger partial charge on any atom is 0.158 e. The largest absolute Gasteiger partial charge is 0.378 e. The number of nitrogens with one attached hydrogen (secondary N) is 1. The Morgan fingerprint density at radius 3 is 2.68 bits per heavy atom. The van der Waals surface area contributed by atoms with E-state index in [1.54, 1.807) is 0 Å². The molecule has 0 unspecified atom stereocenters. The molecule has 28 heavy (non-hydrogen) atoms. The van der Waals surface area contributed by atoms with Gasteiger partial charge in [-0.1, -0.05) is 35.9 Å². The topological polar surface area (TPSA) is 76.3 Å². The molecule has 1 aliphatic rings. The predicted molar refractivity (Wildman–Crippen MR) is 114 cm³/mol. The Balaban J connectivity index is 1.71. The van der Waals surface area contributed by atoms with Crippen LogP contribution in [0.25, 0.3) is 10.8 Å². The summed E-state index contributed by atoms with van der Waals surface area (Å²) in [4.78, 5) is 2.32. The Kier molecular flexibility index (Phi) is 5.35. The zero-order valence-electron chi connectivity index (χ0n) is 16.1. The molecule has 4 rings (SSSR count). The highest BCUT2D eigenvalue weighted by molar-refractivity contribution is 6.32. The second kappa shape index (κ2) is 7.91. The fourth-order valence-corrected chi connectivity index (χ4v) is 3.78. The van der Waals surface area contributed by atoms with Crippen LogP contribution in [0.3, 0.4) is 0 Å². The Morgan fingerprint density at radius 1 is 1.11 bits per heavy atom. The van der Waals surface area contributed by atoms with Gasteiger partial charge < -0.3 is 20.7 Å². The Labute approximate surface area is 169 Å². The number of aryl methyl sites for hydroxylation is 2. The van der Waals surface area contributed by atoms with Gasteiger partial charge in [0.2, 0.25) is 0 Å². The van der Waals surface area contributed by atoms with Crippen LogP contribution in [0.5, 0.6) is 0 Å². The minimum atomic E-state index is -0.486. The fraction of sp³-hybridized carbons (Fsp3) is 0.333. The van der Waals surface area contributed by atoms with Gasteiger partial charge in [0.05, 0.1) is 23.9 Å². The molecule has 1 aromatic heterocycles. The van der Waals surface area contributed by atoms with Crippen LogP contribution in [0.15, 0.2) is 36.4 Å². The van der Waals surface area contributed by atoms with Gasteiger partial charge in [0.15, 0.2) is 5.82 Å². The van der Waals surface area contributed by atoms with Crippen molar-refractivity contribution in [3.05, 3.63) is 58.2 Å². The lowest BCUT2D eigenvalue weighted by Crippen LogP contribution is -2.36. The molecular weight excluding hydrogens is 374 g/mol. The molecule has 146 valence electrons. The highest BCUT2D eigenvalue weighted by atomic mass is 35.5. The average molecular weight is 398 g/mol. The Hall–Kier alpha value is -2.41. The SMILES string of the molecule is Cc1cccc([C@@H](N)Nc2nnc(C)c3ccc(N4CCOCC4)cc23)c1Cl. The van der Waals surface area contributed by atoms with Crippen LogP contribution < -0.4 is 16.0 Å². The second-order valence-corrected chi connectivity index (χ2v) is 7.44. The van der Waals surface area contributed by atoms with Crippen molar-refractivity contribution in [1.29, 1.82) is 0 Å². The summed E-state index contributed by atoms with van der Waals surface area (Å²) in [7, 11) is 0. The number of nitrogens with two attached hydrogens (primary N) is 1. The first-order chi connectivity index (χ1) is 13.5. The van der Waals surface area contributed by atoms with E-state index in [0.717, 1.165) is 59.6 Å². The summed E-state index contributed by atoms with van der Waals surface area (Å²) in [5.74, 6) is 0.654. The van der Waals surface area contributed by atoms with Gasteiger partial charge in [-0.05, 0) is 31.5 Å². The molecule has 0 amide bonds. The standard InChI is InChI=1S/C21H24ClN5O/c1-13-4-3-5-17(19(13)22)20(23)24-21-18-12-15(27-8-10-28-11-9-27)6-7-16(18)14(2)25-26-21/h3-7,12,20H,8-11,23H2,1-2H3,(H,24,26)/t20-/m0/s1. The van der Waals surface area contributed by atoms with E-state index >= 15 is 0 Å². The van der Waals surface area contributed by atoms with Crippen LogP contribution in [0, 0.1) is 13.8 Å². The minimum Gasteiger partial charge on any atom is -0.378 e. The number of rotatable bonds is 4. The Bertz CT molecular complexity index is 1000. The van der Waals surface area contributed by atoms with Crippen molar-refractivity contribution in [2.24, 2.45) is 5.73 Å². The van der Waals surface area contributed by atoms with Gasteiger partial charge in [0.25, 0.3) is 0 Å². The van der Waals surface area contributed by atoms with Crippen LogP contribution >= 0.6 is 11.6 Å². The molecule has 3 aromatic rings. The van der Waals surface area contributed by atoms with Crippen LogP contribution in [0.2, 0.25) is 5.02 Å². The lowest BCUT2D eigenvalue weighted by molar-refractivity contribution is 0.122. The number of ether oxygens (including phenoxy) is 1. The number of morpholine rings is 1. The van der Waals surface area contributed by atoms with E-state index in [2.05, 4.69) is 38.6 Å². The van der Waals surface area contributed by atoms with Gasteiger partial charge in [0, 0.05) is 35.1 Å². The summed E-state index contributed by atoms with van der Waals surface area (Å²) in [5.41, 5.74) is 10.3. The van der Waals surface area contributed by atoms with E-state index in [0.29, 0.717) is 10.8 Å². The Morgan fingerprint density at radius 2 is 1.89 bits per heavy atom. The van der Waals surface area contributed by atoms with Gasteiger partial charge in [0.1, 0.15) is 6.17 Å². The number of halogens is 1. The third kappa shape index (κ3) is 3.63. The molecule has 6 nitrogen and oxygen atoms in total. The molecule has 7 heteroatoms. The summed E-state index contributed by atoms with van der Waals surface area (Å²) in [5, 5.41) is 14.7. The van der Waals surface area contributed by atoms with E-state index in [-0.39, 0.29) is 0 Å². The molecular formula is C21H24ClN5O. The van der Waals surface area contributed by atoms with Crippen molar-refractivity contribution in [2.45, 2.75) is 20.0 Å². The zero-order valence-corrected chi connectivity index (χ0v) is 16.8. The molecule has 3 N–H and O–H groups in total. The van der Waals surface area contributed by atoms with Crippen LogP contribution in [-0.2, 0) is 4.74 Å². The summed E-state index contributed by atoms with van der Waals surface area (Å²) in [6, 6.07) is 12.2. The molecule has 0 saturated carbocycles. The molecule has 0 aliphatic carbocycles. The molecule has 1 fully saturated rings. The smallest absolute Gasteiger partial charge is 0.158 e. The average Bonchev–Trinajstić information content (AvgIpc) is 2.72. The van der Waals surface area contributed by atoms with E-state index in [9.17, 15) is 0 Å². The number of anilines is 2. The first-order valence-electron chi connectivity index (χ1n) is 9.41. The first-order valence-corrected chi connectivity index (χ1v) is 9.79. The number of benzene rings is 2. The molecule has 1 saturated heterocycles. The summed E-state index contributed by atoms with van der Waals surface area (Å²) in [6.45, 7) is 7.18. The molecule has 0 bridgehead atoms. The quantitative estimate of drug-likeness (QED) is 0.652. The maximum absolute atomic E-state index is 6.45. The van der Waals surface area contributed by atoms with Gasteiger partial charge in [-0.2, -0.15) is 5.10 Å². The highest BCUT2D eigenvalue weighted by Crippen LogP contribution is 2.31. The van der Waals surface area contributed by atoms with Gasteiger partial charge in [-0.15, -0.1) is 5.10 Å². The van der Waals surface area contributed by atoms with E-state index in [1.165, 1.54) is 0 Å². The predicted octanol–water partition coefficient (Wildman–Crippen LogP) is 3.81. The summed E-state index contributed by atoms with van der Waals surface area (Å²) in [6.07, 6.45) is -0.486. The van der Waals surface area contributed by atoms with Crippen LogP contribution in [-0.4, -0.2) is 36.5 Å². The molecule has 1 atom stereocenters. The molecule has 0 spiro atoms. The van der Waals surface area contributed by atoms with Crippen molar-refractivity contribution in [3.63, 3.8) is 0 Å². The fourth-order valence-electron chi connectivity index (χ4n) is 3.54. The highest BCUT2D eigenvalue weighted by Gasteiger charge is 2.17. The third-order valence-corrected chi connectivity index (χ3v) is 5.69. The van der Waals surface area contributed by atoms with Crippen molar-refractivity contribution in [3.8, 4) is 0 Å². The minimum absolute atomic E-state index is 0.486. The summed E-state index contributed by atoms with van der Waals surface area (Å²) >= 11 is 6.45. The molecule has 2 heterocycles. The number of hydrogen-bond donors (Lipinski definition) is 2. The van der Waals surface area contributed by atoms with Gasteiger partial charge in [-0.3, -0.25) is 0 Å². The molecule has 1 aliphatic heterocycles. The third-order valence-electron chi connectivity index (χ3n) is 5.17. The zero-order chi connectivity index (χ0) is 19.7. The first kappa shape index (κ1) is 18.9. The van der Waals surface area contributed by atoms with E-state index in [1.807, 2.05) is 32.0 Å².